The lowest BCUT2D eigenvalue weighted by molar-refractivity contribution is -0.116. The minimum Gasteiger partial charge on any atom is -0.457 e. The van der Waals surface area contributed by atoms with Gasteiger partial charge in [0, 0.05) is 23.3 Å². The average molecular weight is 537 g/mol. The fourth-order valence-electron chi connectivity index (χ4n) is 3.12. The molecule has 0 saturated heterocycles. The van der Waals surface area contributed by atoms with Crippen molar-refractivity contribution < 1.29 is 24.0 Å². The Morgan fingerprint density at radius 1 is 1.00 bits per heavy atom. The van der Waals surface area contributed by atoms with Crippen LogP contribution < -0.4 is 20.6 Å². The first-order valence-corrected chi connectivity index (χ1v) is 12.0. The molecule has 0 aliphatic heterocycles. The molecule has 10 heteroatoms. The number of hydrogen-bond acceptors (Lipinski definition) is 8. The van der Waals surface area contributed by atoms with Crippen LogP contribution in [0.25, 0.3) is 0 Å². The number of rotatable bonds is 13. The first-order chi connectivity index (χ1) is 18.4. The van der Waals surface area contributed by atoms with Crippen LogP contribution in [0.2, 0.25) is 5.02 Å². The number of allylic oxidation sites excluding steroid dienone is 1. The smallest absolute Gasteiger partial charge is 0.279 e. The molecule has 3 aromatic carbocycles. The van der Waals surface area contributed by atoms with E-state index in [1.54, 1.807) is 43.4 Å². The van der Waals surface area contributed by atoms with E-state index in [2.05, 4.69) is 22.7 Å². The van der Waals surface area contributed by atoms with E-state index in [9.17, 15) is 4.79 Å². The second-order valence-electron chi connectivity index (χ2n) is 7.67. The Morgan fingerprint density at radius 2 is 1.63 bits per heavy atom. The first kappa shape index (κ1) is 28.1. The summed E-state index contributed by atoms with van der Waals surface area (Å²) in [6.45, 7) is 6.16. The molecule has 38 heavy (non-hydrogen) atoms. The lowest BCUT2D eigenvalue weighted by Gasteiger charge is -2.19. The summed E-state index contributed by atoms with van der Waals surface area (Å²) < 4.78 is 5.84. The van der Waals surface area contributed by atoms with Crippen molar-refractivity contribution in [2.45, 2.75) is 6.92 Å². The molecule has 0 radical (unpaired) electrons. The third-order valence-electron chi connectivity index (χ3n) is 5.00. The molecular formula is C28H29ClN4O5. The van der Waals surface area contributed by atoms with E-state index in [1.807, 2.05) is 49.4 Å². The number of carbonyl (C=O) groups excluding carboxylic acids is 1. The normalized spacial score (nSPS) is 11.4. The predicted molar refractivity (Wildman–Crippen MR) is 148 cm³/mol. The van der Waals surface area contributed by atoms with E-state index >= 15 is 0 Å². The van der Waals surface area contributed by atoms with Crippen molar-refractivity contribution in [2.24, 2.45) is 5.16 Å². The summed E-state index contributed by atoms with van der Waals surface area (Å²) in [4.78, 5) is 30.0. The maximum Gasteiger partial charge on any atom is 0.279 e. The summed E-state index contributed by atoms with van der Waals surface area (Å²) in [5.74, 6) is 0.899. The van der Waals surface area contributed by atoms with Crippen molar-refractivity contribution >= 4 is 28.9 Å². The van der Waals surface area contributed by atoms with Crippen LogP contribution in [-0.4, -0.2) is 32.4 Å². The number of para-hydroxylation sites is 1. The van der Waals surface area contributed by atoms with Crippen LogP contribution in [0.15, 0.2) is 108 Å². The molecule has 0 spiro atoms. The number of oxime groups is 1. The quantitative estimate of drug-likeness (QED) is 0.128. The maximum atomic E-state index is 12.9. The summed E-state index contributed by atoms with van der Waals surface area (Å²) >= 11 is 5.93. The molecule has 0 saturated carbocycles. The van der Waals surface area contributed by atoms with Gasteiger partial charge in [-0.3, -0.25) is 15.1 Å². The number of halogens is 1. The number of nitrogens with one attached hydrogen (secondary N) is 2. The molecular weight excluding hydrogens is 508 g/mol. The third-order valence-corrected chi connectivity index (χ3v) is 5.25. The monoisotopic (exact) mass is 536 g/mol. The highest BCUT2D eigenvalue weighted by molar-refractivity contribution is 6.30. The van der Waals surface area contributed by atoms with Gasteiger partial charge in [0.15, 0.2) is 5.70 Å². The number of benzene rings is 3. The van der Waals surface area contributed by atoms with Crippen LogP contribution in [-0.2, 0) is 19.3 Å². The molecule has 0 atom stereocenters. The summed E-state index contributed by atoms with van der Waals surface area (Å²) in [5.41, 5.74) is 7.35. The fraction of sp³-hybridized carbons (Fsp3) is 0.143. The molecule has 9 nitrogen and oxygen atoms in total. The molecule has 3 aromatic rings. The summed E-state index contributed by atoms with van der Waals surface area (Å²) in [6, 6.07) is 23.4. The second-order valence-corrected chi connectivity index (χ2v) is 8.11. The standard InChI is InChI=1S/C28H29ClN4O5/c1-5-36-32-27(21-11-15-24(16-12-21)38-25-17-13-22(29)14-18-25)20(2)30-37-19-26(31-35-4)28(34)33(3)23-9-7-6-8-10-23/h6-19,30-31H,2,5H2,1,3-4H3. The van der Waals surface area contributed by atoms with Crippen molar-refractivity contribution in [3.05, 3.63) is 114 Å². The molecule has 0 fully saturated rings. The number of hydroxylamine groups is 2. The van der Waals surface area contributed by atoms with E-state index < -0.39 is 0 Å². The van der Waals surface area contributed by atoms with E-state index in [1.165, 1.54) is 18.3 Å². The fourth-order valence-corrected chi connectivity index (χ4v) is 3.24. The molecule has 1 amide bonds. The van der Waals surface area contributed by atoms with Crippen molar-refractivity contribution in [3.63, 3.8) is 0 Å². The second kappa shape index (κ2) is 14.3. The highest BCUT2D eigenvalue weighted by Crippen LogP contribution is 2.24. The Hall–Kier alpha value is -4.47. The summed E-state index contributed by atoms with van der Waals surface area (Å²) in [6.07, 6.45) is 1.18. The number of likely N-dealkylation sites (N-methyl/N-ethyl adjacent to an activating group) is 1. The van der Waals surface area contributed by atoms with E-state index in [-0.39, 0.29) is 11.6 Å². The van der Waals surface area contributed by atoms with Crippen LogP contribution in [0.4, 0.5) is 5.69 Å². The van der Waals surface area contributed by atoms with Gasteiger partial charge in [-0.25, -0.2) is 5.48 Å². The number of ether oxygens (including phenoxy) is 1. The van der Waals surface area contributed by atoms with Crippen LogP contribution in [0, 0.1) is 0 Å². The lowest BCUT2D eigenvalue weighted by Crippen LogP contribution is -2.34. The molecule has 2 N–H and O–H groups in total. The van der Waals surface area contributed by atoms with Crippen LogP contribution >= 0.6 is 11.6 Å². The SMILES string of the molecule is C=C(NOC=C(NOC)C(=O)N(C)c1ccccc1)C(=NOCC)c1ccc(Oc2ccc(Cl)cc2)cc1. The molecule has 0 unspecified atom stereocenters. The van der Waals surface area contributed by atoms with Crippen LogP contribution in [0.3, 0.4) is 0 Å². The zero-order valence-electron chi connectivity index (χ0n) is 21.3. The predicted octanol–water partition coefficient (Wildman–Crippen LogP) is 5.56. The van der Waals surface area contributed by atoms with E-state index in [0.29, 0.717) is 45.8 Å². The molecule has 0 heterocycles. The highest BCUT2D eigenvalue weighted by atomic mass is 35.5. The summed E-state index contributed by atoms with van der Waals surface area (Å²) in [5, 5.41) is 4.79. The maximum absolute atomic E-state index is 12.9. The number of anilines is 1. The van der Waals surface area contributed by atoms with Crippen LogP contribution in [0.5, 0.6) is 11.5 Å². The van der Waals surface area contributed by atoms with Gasteiger partial charge in [0.2, 0.25) is 0 Å². The van der Waals surface area contributed by atoms with E-state index in [4.69, 9.17) is 30.9 Å². The molecule has 0 aromatic heterocycles. The van der Waals surface area contributed by atoms with Crippen LogP contribution in [0.1, 0.15) is 12.5 Å². The van der Waals surface area contributed by atoms with Crippen molar-refractivity contribution in [3.8, 4) is 11.5 Å². The van der Waals surface area contributed by atoms with Crippen molar-refractivity contribution in [1.82, 2.24) is 11.0 Å². The third kappa shape index (κ3) is 8.02. The van der Waals surface area contributed by atoms with Gasteiger partial charge in [0.25, 0.3) is 5.91 Å². The number of nitrogens with zero attached hydrogens (tertiary/aromatic N) is 2. The minimum atomic E-state index is -0.384. The molecule has 198 valence electrons. The Balaban J connectivity index is 1.69. The Labute approximate surface area is 226 Å². The zero-order valence-corrected chi connectivity index (χ0v) is 22.1. The lowest BCUT2D eigenvalue weighted by atomic mass is 10.1. The molecule has 0 aliphatic carbocycles. The average Bonchev–Trinajstić information content (AvgIpc) is 2.94. The molecule has 3 rings (SSSR count). The van der Waals surface area contributed by atoms with Gasteiger partial charge in [-0.05, 0) is 67.6 Å². The van der Waals surface area contributed by atoms with Crippen molar-refractivity contribution in [2.75, 3.05) is 25.7 Å². The first-order valence-electron chi connectivity index (χ1n) is 11.6. The van der Waals surface area contributed by atoms with Gasteiger partial charge in [-0.2, -0.15) is 0 Å². The van der Waals surface area contributed by atoms with E-state index in [0.717, 1.165) is 0 Å². The largest absolute Gasteiger partial charge is 0.457 e. The Morgan fingerprint density at radius 3 is 2.24 bits per heavy atom. The molecule has 0 bridgehead atoms. The van der Waals surface area contributed by atoms with Gasteiger partial charge in [0.1, 0.15) is 30.1 Å². The minimum absolute atomic E-state index is 0.0474. The number of amides is 1. The topological polar surface area (TPSA) is 93.7 Å². The van der Waals surface area contributed by atoms with Gasteiger partial charge in [0.05, 0.1) is 12.8 Å². The van der Waals surface area contributed by atoms with Gasteiger partial charge < -0.3 is 19.3 Å². The van der Waals surface area contributed by atoms with Gasteiger partial charge in [-0.15, -0.1) is 0 Å². The van der Waals surface area contributed by atoms with Crippen molar-refractivity contribution in [1.29, 1.82) is 0 Å². The molecule has 0 aliphatic rings. The Kier molecular flexibility index (Phi) is 10.6. The highest BCUT2D eigenvalue weighted by Gasteiger charge is 2.18. The Bertz CT molecular complexity index is 1260. The van der Waals surface area contributed by atoms with Gasteiger partial charge in [-0.1, -0.05) is 41.5 Å². The number of carbonyl (C=O) groups is 1. The zero-order chi connectivity index (χ0) is 27.3. The van der Waals surface area contributed by atoms with Gasteiger partial charge >= 0.3 is 0 Å². The summed E-state index contributed by atoms with van der Waals surface area (Å²) in [7, 11) is 3.03. The number of hydrogen-bond donors (Lipinski definition) is 2.